The van der Waals surface area contributed by atoms with E-state index in [1.54, 1.807) is 32.6 Å². The van der Waals surface area contributed by atoms with Crippen LogP contribution in [0.1, 0.15) is 35.2 Å². The average molecular weight is 449 g/mol. The Bertz CT molecular complexity index is 1160. The molecular weight excluding hydrogens is 420 g/mol. The zero-order valence-corrected chi connectivity index (χ0v) is 18.9. The summed E-state index contributed by atoms with van der Waals surface area (Å²) in [6.45, 7) is 1.73. The van der Waals surface area contributed by atoms with Gasteiger partial charge in [-0.2, -0.15) is 0 Å². The number of aromatic amines is 1. The molecule has 0 unspecified atom stereocenters. The number of hydrogen-bond donors (Lipinski definition) is 1. The lowest BCUT2D eigenvalue weighted by Crippen LogP contribution is -2.52. The second-order valence-corrected chi connectivity index (χ2v) is 8.84. The third-order valence-corrected chi connectivity index (χ3v) is 6.62. The molecule has 2 atom stereocenters. The molecule has 2 aromatic heterocycles. The van der Waals surface area contributed by atoms with Gasteiger partial charge in [0.25, 0.3) is 5.91 Å². The molecule has 1 N–H and O–H groups in total. The van der Waals surface area contributed by atoms with Crippen molar-refractivity contribution in [1.29, 1.82) is 0 Å². The highest BCUT2D eigenvalue weighted by Crippen LogP contribution is 2.36. The standard InChI is InChI=1S/C24H28N6O3/c1-28(2)23(31)17-7-5-16(6-8-17)14-33-24(32)30-12-3-4-19-20(30)10-13-29(19)22-18-9-11-25-21(18)26-15-27-22/h5-9,11,15,19-20H,3-4,10,12-14H2,1-2H3,(H,25,26,27)/t19-,20-/m1/s1. The number of hydrogen-bond acceptors (Lipinski definition) is 6. The molecule has 4 heterocycles. The molecule has 2 fully saturated rings. The predicted molar refractivity (Wildman–Crippen MR) is 124 cm³/mol. The van der Waals surface area contributed by atoms with Gasteiger partial charge in [0.05, 0.1) is 17.5 Å². The Kier molecular flexibility index (Phi) is 5.62. The third-order valence-electron chi connectivity index (χ3n) is 6.62. The molecule has 2 aliphatic rings. The van der Waals surface area contributed by atoms with Gasteiger partial charge in [0.1, 0.15) is 24.4 Å². The highest BCUT2D eigenvalue weighted by atomic mass is 16.6. The van der Waals surface area contributed by atoms with E-state index in [9.17, 15) is 9.59 Å². The van der Waals surface area contributed by atoms with E-state index in [0.29, 0.717) is 12.1 Å². The van der Waals surface area contributed by atoms with E-state index in [4.69, 9.17) is 4.74 Å². The van der Waals surface area contributed by atoms with Crippen LogP contribution in [0.4, 0.5) is 10.6 Å². The van der Waals surface area contributed by atoms with Crippen molar-refractivity contribution in [2.24, 2.45) is 0 Å². The molecule has 0 bridgehead atoms. The van der Waals surface area contributed by atoms with Gasteiger partial charge in [-0.05, 0) is 43.0 Å². The molecule has 33 heavy (non-hydrogen) atoms. The average Bonchev–Trinajstić information content (AvgIpc) is 3.49. The first-order valence-electron chi connectivity index (χ1n) is 11.3. The summed E-state index contributed by atoms with van der Waals surface area (Å²) in [4.78, 5) is 42.8. The maximum Gasteiger partial charge on any atom is 0.410 e. The van der Waals surface area contributed by atoms with E-state index in [1.165, 1.54) is 4.90 Å². The summed E-state index contributed by atoms with van der Waals surface area (Å²) in [6, 6.07) is 9.52. The number of fused-ring (bicyclic) bond motifs is 2. The largest absolute Gasteiger partial charge is 0.445 e. The van der Waals surface area contributed by atoms with Gasteiger partial charge in [0.2, 0.25) is 0 Å². The molecule has 0 saturated carbocycles. The molecule has 2 aliphatic heterocycles. The summed E-state index contributed by atoms with van der Waals surface area (Å²) < 4.78 is 5.66. The van der Waals surface area contributed by atoms with Crippen LogP contribution in [-0.2, 0) is 11.3 Å². The minimum absolute atomic E-state index is 0.0516. The van der Waals surface area contributed by atoms with Crippen LogP contribution in [0.15, 0.2) is 42.9 Å². The first-order chi connectivity index (χ1) is 16.0. The molecule has 172 valence electrons. The van der Waals surface area contributed by atoms with Crippen molar-refractivity contribution in [2.45, 2.75) is 38.0 Å². The van der Waals surface area contributed by atoms with Gasteiger partial charge >= 0.3 is 6.09 Å². The van der Waals surface area contributed by atoms with Crippen LogP contribution in [-0.4, -0.2) is 76.0 Å². The number of piperidine rings is 1. The molecule has 2 saturated heterocycles. The fourth-order valence-electron chi connectivity index (χ4n) is 4.99. The lowest BCUT2D eigenvalue weighted by molar-refractivity contribution is 0.0672. The van der Waals surface area contributed by atoms with Crippen LogP contribution in [0.2, 0.25) is 0 Å². The molecule has 1 aromatic carbocycles. The third kappa shape index (κ3) is 3.99. The van der Waals surface area contributed by atoms with Gasteiger partial charge in [-0.15, -0.1) is 0 Å². The predicted octanol–water partition coefficient (Wildman–Crippen LogP) is 3.04. The molecule has 0 aliphatic carbocycles. The Morgan fingerprint density at radius 2 is 1.91 bits per heavy atom. The van der Waals surface area contributed by atoms with Crippen molar-refractivity contribution >= 4 is 28.9 Å². The van der Waals surface area contributed by atoms with Crippen molar-refractivity contribution in [2.75, 3.05) is 32.1 Å². The zero-order chi connectivity index (χ0) is 22.9. The topological polar surface area (TPSA) is 94.7 Å². The van der Waals surface area contributed by atoms with Gasteiger partial charge in [0.15, 0.2) is 0 Å². The zero-order valence-electron chi connectivity index (χ0n) is 18.9. The Morgan fingerprint density at radius 3 is 2.70 bits per heavy atom. The lowest BCUT2D eigenvalue weighted by atomic mass is 9.97. The molecule has 5 rings (SSSR count). The van der Waals surface area contributed by atoms with Crippen LogP contribution in [0.5, 0.6) is 0 Å². The van der Waals surface area contributed by atoms with Crippen molar-refractivity contribution in [1.82, 2.24) is 24.8 Å². The first kappa shape index (κ1) is 21.2. The number of likely N-dealkylation sites (tertiary alicyclic amines) is 1. The fourth-order valence-corrected chi connectivity index (χ4v) is 4.99. The van der Waals surface area contributed by atoms with Gasteiger partial charge in [-0.25, -0.2) is 14.8 Å². The molecular formula is C24H28N6O3. The summed E-state index contributed by atoms with van der Waals surface area (Å²) in [5, 5.41) is 1.01. The second-order valence-electron chi connectivity index (χ2n) is 8.84. The molecule has 9 nitrogen and oxygen atoms in total. The van der Waals surface area contributed by atoms with Crippen LogP contribution in [0, 0.1) is 0 Å². The van der Waals surface area contributed by atoms with E-state index >= 15 is 0 Å². The van der Waals surface area contributed by atoms with E-state index in [0.717, 1.165) is 48.2 Å². The maximum atomic E-state index is 13.0. The fraction of sp³-hybridized carbons (Fsp3) is 0.417. The molecule has 9 heteroatoms. The summed E-state index contributed by atoms with van der Waals surface area (Å²) in [5.74, 6) is 0.876. The highest BCUT2D eigenvalue weighted by Gasteiger charge is 2.43. The van der Waals surface area contributed by atoms with Gasteiger partial charge in [-0.3, -0.25) is 4.79 Å². The highest BCUT2D eigenvalue weighted by molar-refractivity contribution is 5.93. The first-order valence-corrected chi connectivity index (χ1v) is 11.3. The summed E-state index contributed by atoms with van der Waals surface area (Å²) >= 11 is 0. The Balaban J connectivity index is 1.25. The number of anilines is 1. The second kappa shape index (κ2) is 8.73. The van der Waals surface area contributed by atoms with E-state index in [1.807, 2.05) is 29.3 Å². The normalized spacial score (nSPS) is 20.1. The number of ether oxygens (including phenoxy) is 1. The maximum absolute atomic E-state index is 13.0. The number of carbonyl (C=O) groups is 2. The SMILES string of the molecule is CN(C)C(=O)c1ccc(COC(=O)N2CCC[C@@H]3[C@H]2CCN3c2ncnc3[nH]ccc23)cc1. The summed E-state index contributed by atoms with van der Waals surface area (Å²) in [7, 11) is 3.44. The number of nitrogens with one attached hydrogen (secondary N) is 1. The number of carbonyl (C=O) groups excluding carboxylic acids is 2. The Hall–Kier alpha value is -3.62. The van der Waals surface area contributed by atoms with Crippen LogP contribution in [0.3, 0.4) is 0 Å². The number of rotatable bonds is 4. The van der Waals surface area contributed by atoms with Gasteiger partial charge in [-0.1, -0.05) is 12.1 Å². The van der Waals surface area contributed by atoms with Crippen LogP contribution >= 0.6 is 0 Å². The van der Waals surface area contributed by atoms with Crippen LogP contribution < -0.4 is 4.90 Å². The number of amides is 2. The Labute approximate surface area is 192 Å². The molecule has 0 radical (unpaired) electrons. The Morgan fingerprint density at radius 1 is 1.09 bits per heavy atom. The lowest BCUT2D eigenvalue weighted by Gasteiger charge is -2.39. The van der Waals surface area contributed by atoms with Crippen molar-refractivity contribution < 1.29 is 14.3 Å². The van der Waals surface area contributed by atoms with Crippen molar-refractivity contribution in [3.8, 4) is 0 Å². The number of nitrogens with zero attached hydrogens (tertiary/aromatic N) is 5. The van der Waals surface area contributed by atoms with Crippen LogP contribution in [0.25, 0.3) is 11.0 Å². The molecule has 0 spiro atoms. The molecule has 2 amide bonds. The quantitative estimate of drug-likeness (QED) is 0.659. The number of aromatic nitrogens is 3. The molecule has 3 aromatic rings. The summed E-state index contributed by atoms with van der Waals surface area (Å²) in [5.41, 5.74) is 2.30. The number of H-pyrrole nitrogens is 1. The monoisotopic (exact) mass is 448 g/mol. The van der Waals surface area contributed by atoms with Crippen molar-refractivity contribution in [3.05, 3.63) is 54.0 Å². The minimum Gasteiger partial charge on any atom is -0.445 e. The van der Waals surface area contributed by atoms with E-state index in [-0.39, 0.29) is 30.7 Å². The smallest absolute Gasteiger partial charge is 0.410 e. The van der Waals surface area contributed by atoms with Gasteiger partial charge < -0.3 is 24.4 Å². The van der Waals surface area contributed by atoms with E-state index < -0.39 is 0 Å². The number of benzene rings is 1. The van der Waals surface area contributed by atoms with Gasteiger partial charge in [0, 0.05) is 38.9 Å². The minimum atomic E-state index is -0.283. The summed E-state index contributed by atoms with van der Waals surface area (Å²) in [6.07, 6.45) is 6.02. The van der Waals surface area contributed by atoms with Crippen molar-refractivity contribution in [3.63, 3.8) is 0 Å². The van der Waals surface area contributed by atoms with E-state index in [2.05, 4.69) is 19.9 Å².